The van der Waals surface area contributed by atoms with Crippen molar-refractivity contribution in [3.63, 3.8) is 0 Å². The second-order valence-corrected chi connectivity index (χ2v) is 9.94. The van der Waals surface area contributed by atoms with Gasteiger partial charge in [0.2, 0.25) is 0 Å². The van der Waals surface area contributed by atoms with Crippen molar-refractivity contribution < 1.29 is 4.79 Å². The highest BCUT2D eigenvalue weighted by atomic mass is 16.2. The Balaban J connectivity index is 1.22. The van der Waals surface area contributed by atoms with Gasteiger partial charge < -0.3 is 15.6 Å². The molecule has 8 heteroatoms. The van der Waals surface area contributed by atoms with E-state index in [-0.39, 0.29) is 23.5 Å². The number of amides is 1. The molecular formula is C28H33N5O3. The van der Waals surface area contributed by atoms with Crippen molar-refractivity contribution in [3.8, 4) is 0 Å². The SMILES string of the molecule is O=C(N[C@H]1CC[C@@H](c2ccccc2)CC1)c1[nH]c(=O)[nH]c(=O)c1NC1CCN(Cc2ccccc2)C1. The molecule has 1 aliphatic heterocycles. The molecule has 5 rings (SSSR count). The van der Waals surface area contributed by atoms with Crippen molar-refractivity contribution in [3.05, 3.63) is 98.3 Å². The molecule has 2 fully saturated rings. The van der Waals surface area contributed by atoms with Crippen LogP contribution in [-0.2, 0) is 6.54 Å². The summed E-state index contributed by atoms with van der Waals surface area (Å²) in [6.07, 6.45) is 4.55. The van der Waals surface area contributed by atoms with Crippen molar-refractivity contribution in [1.29, 1.82) is 0 Å². The van der Waals surface area contributed by atoms with Crippen molar-refractivity contribution in [2.75, 3.05) is 18.4 Å². The molecule has 0 bridgehead atoms. The van der Waals surface area contributed by atoms with Gasteiger partial charge in [0.1, 0.15) is 11.4 Å². The summed E-state index contributed by atoms with van der Waals surface area (Å²) in [6, 6.07) is 20.7. The number of carbonyl (C=O) groups is 1. The van der Waals surface area contributed by atoms with Gasteiger partial charge in [-0.3, -0.25) is 19.5 Å². The van der Waals surface area contributed by atoms with Gasteiger partial charge in [-0.25, -0.2) is 4.79 Å². The van der Waals surface area contributed by atoms with E-state index in [4.69, 9.17) is 0 Å². The molecule has 3 aromatic rings. The molecule has 1 saturated carbocycles. The Morgan fingerprint density at radius 1 is 0.861 bits per heavy atom. The van der Waals surface area contributed by atoms with Crippen LogP contribution < -0.4 is 21.9 Å². The van der Waals surface area contributed by atoms with Crippen LogP contribution >= 0.6 is 0 Å². The maximum absolute atomic E-state index is 13.2. The molecule has 1 amide bonds. The van der Waals surface area contributed by atoms with E-state index in [1.165, 1.54) is 11.1 Å². The molecule has 1 aromatic heterocycles. The Morgan fingerprint density at radius 2 is 1.56 bits per heavy atom. The van der Waals surface area contributed by atoms with Gasteiger partial charge >= 0.3 is 5.69 Å². The summed E-state index contributed by atoms with van der Waals surface area (Å²) in [5, 5.41) is 6.31. The zero-order valence-corrected chi connectivity index (χ0v) is 20.3. The van der Waals surface area contributed by atoms with E-state index in [0.29, 0.717) is 5.92 Å². The van der Waals surface area contributed by atoms with Crippen LogP contribution in [0.15, 0.2) is 70.3 Å². The van der Waals surface area contributed by atoms with Gasteiger partial charge in [0, 0.05) is 31.7 Å². The summed E-state index contributed by atoms with van der Waals surface area (Å²) in [5.41, 5.74) is 1.47. The Bertz CT molecular complexity index is 1280. The first kappa shape index (κ1) is 24.1. The predicted molar refractivity (Wildman–Crippen MR) is 140 cm³/mol. The van der Waals surface area contributed by atoms with Crippen LogP contribution in [0.4, 0.5) is 5.69 Å². The third-order valence-corrected chi connectivity index (χ3v) is 7.37. The van der Waals surface area contributed by atoms with Gasteiger partial charge in [-0.2, -0.15) is 0 Å². The minimum absolute atomic E-state index is 0.00794. The molecule has 4 N–H and O–H groups in total. The molecular weight excluding hydrogens is 454 g/mol. The maximum Gasteiger partial charge on any atom is 0.326 e. The predicted octanol–water partition coefficient (Wildman–Crippen LogP) is 3.21. The lowest BCUT2D eigenvalue weighted by molar-refractivity contribution is 0.0921. The number of hydrogen-bond donors (Lipinski definition) is 4. The topological polar surface area (TPSA) is 110 Å². The third-order valence-electron chi connectivity index (χ3n) is 7.37. The quantitative estimate of drug-likeness (QED) is 0.409. The molecule has 0 spiro atoms. The highest BCUT2D eigenvalue weighted by molar-refractivity contribution is 5.97. The van der Waals surface area contributed by atoms with E-state index in [1.807, 2.05) is 24.3 Å². The van der Waals surface area contributed by atoms with E-state index in [1.54, 1.807) is 0 Å². The maximum atomic E-state index is 13.2. The molecule has 188 valence electrons. The first-order chi connectivity index (χ1) is 17.5. The van der Waals surface area contributed by atoms with Crippen LogP contribution in [0.5, 0.6) is 0 Å². The monoisotopic (exact) mass is 487 g/mol. The number of hydrogen-bond acceptors (Lipinski definition) is 5. The van der Waals surface area contributed by atoms with Crippen molar-refractivity contribution in [2.45, 2.75) is 56.7 Å². The molecule has 1 unspecified atom stereocenters. The molecule has 1 aliphatic carbocycles. The molecule has 2 heterocycles. The molecule has 36 heavy (non-hydrogen) atoms. The summed E-state index contributed by atoms with van der Waals surface area (Å²) >= 11 is 0. The number of H-pyrrole nitrogens is 2. The van der Waals surface area contributed by atoms with Gasteiger partial charge in [-0.05, 0) is 49.1 Å². The summed E-state index contributed by atoms with van der Waals surface area (Å²) in [5.74, 6) is 0.0835. The zero-order chi connectivity index (χ0) is 24.9. The van der Waals surface area contributed by atoms with Gasteiger partial charge in [-0.1, -0.05) is 60.7 Å². The highest BCUT2D eigenvalue weighted by Crippen LogP contribution is 2.32. The van der Waals surface area contributed by atoms with Crippen molar-refractivity contribution in [1.82, 2.24) is 20.2 Å². The highest BCUT2D eigenvalue weighted by Gasteiger charge is 2.28. The number of aromatic nitrogens is 2. The number of aromatic amines is 2. The van der Waals surface area contributed by atoms with Crippen LogP contribution in [-0.4, -0.2) is 45.9 Å². The standard InChI is InChI=1S/C28H33N5O3/c34-26(30-22-13-11-21(12-14-22)20-9-5-2-6-10-20)25-24(27(35)32-28(36)31-25)29-23-15-16-33(18-23)17-19-7-3-1-4-8-19/h1-10,21-23,29H,11-18H2,(H,30,34)(H2,31,32,35,36)/t21-,22+,23?. The largest absolute Gasteiger partial charge is 0.375 e. The van der Waals surface area contributed by atoms with Crippen LogP contribution in [0.25, 0.3) is 0 Å². The Hall–Kier alpha value is -3.65. The number of likely N-dealkylation sites (tertiary alicyclic amines) is 1. The molecule has 2 aromatic carbocycles. The number of carbonyl (C=O) groups excluding carboxylic acids is 1. The van der Waals surface area contributed by atoms with Crippen LogP contribution in [0.1, 0.15) is 59.6 Å². The van der Waals surface area contributed by atoms with E-state index in [0.717, 1.165) is 51.7 Å². The summed E-state index contributed by atoms with van der Waals surface area (Å²) < 4.78 is 0. The van der Waals surface area contributed by atoms with E-state index in [2.05, 4.69) is 61.9 Å². The fourth-order valence-corrected chi connectivity index (χ4v) is 5.49. The molecule has 2 aliphatic rings. The fourth-order valence-electron chi connectivity index (χ4n) is 5.49. The minimum Gasteiger partial charge on any atom is -0.375 e. The Morgan fingerprint density at radius 3 is 2.28 bits per heavy atom. The van der Waals surface area contributed by atoms with Gasteiger partial charge in [-0.15, -0.1) is 0 Å². The summed E-state index contributed by atoms with van der Waals surface area (Å²) in [7, 11) is 0. The number of benzene rings is 2. The molecule has 8 nitrogen and oxygen atoms in total. The number of rotatable bonds is 7. The second-order valence-electron chi connectivity index (χ2n) is 9.94. The smallest absolute Gasteiger partial charge is 0.326 e. The van der Waals surface area contributed by atoms with E-state index in [9.17, 15) is 14.4 Å². The first-order valence-corrected chi connectivity index (χ1v) is 12.8. The fraction of sp³-hybridized carbons (Fsp3) is 0.393. The van der Waals surface area contributed by atoms with Gasteiger partial charge in [0.25, 0.3) is 11.5 Å². The number of nitrogens with one attached hydrogen (secondary N) is 4. The average Bonchev–Trinajstić information content (AvgIpc) is 3.33. The molecule has 1 saturated heterocycles. The molecule has 0 radical (unpaired) electrons. The van der Waals surface area contributed by atoms with Crippen LogP contribution in [0.3, 0.4) is 0 Å². The first-order valence-electron chi connectivity index (χ1n) is 12.8. The van der Waals surface area contributed by atoms with E-state index < -0.39 is 17.2 Å². The number of anilines is 1. The van der Waals surface area contributed by atoms with Crippen molar-refractivity contribution in [2.24, 2.45) is 0 Å². The van der Waals surface area contributed by atoms with Crippen molar-refractivity contribution >= 4 is 11.6 Å². The van der Waals surface area contributed by atoms with Gasteiger partial charge in [0.05, 0.1) is 0 Å². The second kappa shape index (κ2) is 11.0. The summed E-state index contributed by atoms with van der Waals surface area (Å²) in [4.78, 5) is 45.0. The summed E-state index contributed by atoms with van der Waals surface area (Å²) in [6.45, 7) is 2.47. The Labute approximate surface area is 210 Å². The average molecular weight is 488 g/mol. The van der Waals surface area contributed by atoms with E-state index >= 15 is 0 Å². The number of nitrogens with zero attached hydrogens (tertiary/aromatic N) is 1. The lowest BCUT2D eigenvalue weighted by atomic mass is 9.82. The lowest BCUT2D eigenvalue weighted by Crippen LogP contribution is -2.41. The Kier molecular flexibility index (Phi) is 7.32. The molecule has 1 atom stereocenters. The van der Waals surface area contributed by atoms with Gasteiger partial charge in [0.15, 0.2) is 0 Å². The zero-order valence-electron chi connectivity index (χ0n) is 20.3. The van der Waals surface area contributed by atoms with Crippen LogP contribution in [0.2, 0.25) is 0 Å². The lowest BCUT2D eigenvalue weighted by Gasteiger charge is -2.29. The normalized spacial score (nSPS) is 22.3. The van der Waals surface area contributed by atoms with Crippen LogP contribution in [0, 0.1) is 0 Å². The third kappa shape index (κ3) is 5.76. The minimum atomic E-state index is -0.680.